The van der Waals surface area contributed by atoms with Crippen LogP contribution in [0.3, 0.4) is 0 Å². The molecule has 0 spiro atoms. The number of methoxy groups -OCH3 is 1. The molecule has 2 bridgehead atoms. The normalized spacial score (nSPS) is 25.2. The second kappa shape index (κ2) is 8.62. The summed E-state index contributed by atoms with van der Waals surface area (Å²) in [6.45, 7) is 2.88. The summed E-state index contributed by atoms with van der Waals surface area (Å²) in [4.78, 5) is 6.79. The zero-order valence-electron chi connectivity index (χ0n) is 16.2. The van der Waals surface area contributed by atoms with Crippen LogP contribution in [0.4, 0.5) is 4.39 Å². The molecule has 1 aromatic carbocycles. The molecule has 0 amide bonds. The minimum absolute atomic E-state index is 0.151. The van der Waals surface area contributed by atoms with Gasteiger partial charge in [-0.1, -0.05) is 48.4 Å². The maximum absolute atomic E-state index is 14.0. The van der Waals surface area contributed by atoms with Gasteiger partial charge in [0, 0.05) is 37.0 Å². The van der Waals surface area contributed by atoms with Crippen LogP contribution in [0.2, 0.25) is 5.02 Å². The third kappa shape index (κ3) is 4.23. The Bertz CT molecular complexity index is 842. The van der Waals surface area contributed by atoms with Crippen molar-refractivity contribution in [3.05, 3.63) is 64.6 Å². The molecule has 1 saturated heterocycles. The monoisotopic (exact) mass is 400 g/mol. The Morgan fingerprint density at radius 3 is 2.71 bits per heavy atom. The molecule has 4 rings (SSSR count). The van der Waals surface area contributed by atoms with E-state index >= 15 is 0 Å². The summed E-state index contributed by atoms with van der Waals surface area (Å²) >= 11 is 6.15. The summed E-state index contributed by atoms with van der Waals surface area (Å²) in [5, 5.41) is 0.638. The number of piperidine rings is 1. The van der Waals surface area contributed by atoms with Gasteiger partial charge in [-0.2, -0.15) is 0 Å². The smallest absolute Gasteiger partial charge is 0.217 e. The van der Waals surface area contributed by atoms with Gasteiger partial charge in [-0.3, -0.25) is 4.90 Å². The van der Waals surface area contributed by atoms with Crippen molar-refractivity contribution in [3.63, 3.8) is 0 Å². The molecule has 5 heteroatoms. The van der Waals surface area contributed by atoms with Gasteiger partial charge in [-0.05, 0) is 42.7 Å². The predicted molar refractivity (Wildman–Crippen MR) is 111 cm³/mol. The highest BCUT2D eigenvalue weighted by Gasteiger charge is 2.38. The van der Waals surface area contributed by atoms with Crippen LogP contribution < -0.4 is 4.74 Å². The molecule has 2 atom stereocenters. The van der Waals surface area contributed by atoms with E-state index in [1.807, 2.05) is 24.3 Å². The summed E-state index contributed by atoms with van der Waals surface area (Å²) in [7, 11) is 1.65. The topological polar surface area (TPSA) is 25.4 Å². The van der Waals surface area contributed by atoms with Crippen molar-refractivity contribution in [2.24, 2.45) is 17.8 Å². The lowest BCUT2D eigenvalue weighted by Gasteiger charge is -2.46. The van der Waals surface area contributed by atoms with Crippen LogP contribution in [0.5, 0.6) is 5.88 Å². The molecule has 2 fully saturated rings. The molecule has 2 heterocycles. The molecular formula is C23H26ClFN2O. The minimum Gasteiger partial charge on any atom is -0.481 e. The maximum Gasteiger partial charge on any atom is 0.217 e. The summed E-state index contributed by atoms with van der Waals surface area (Å²) in [6.07, 6.45) is 9.60. The van der Waals surface area contributed by atoms with Crippen molar-refractivity contribution in [1.29, 1.82) is 0 Å². The number of pyridine rings is 1. The molecule has 0 N–H and O–H groups in total. The average molecular weight is 401 g/mol. The number of hydrogen-bond acceptors (Lipinski definition) is 3. The molecule has 28 heavy (non-hydrogen) atoms. The number of hydrogen-bond donors (Lipinski definition) is 0. The Balaban J connectivity index is 1.48. The first-order valence-electron chi connectivity index (χ1n) is 9.97. The number of halogens is 2. The molecule has 2 unspecified atom stereocenters. The van der Waals surface area contributed by atoms with Gasteiger partial charge in [0.05, 0.1) is 12.1 Å². The van der Waals surface area contributed by atoms with E-state index in [2.05, 4.69) is 16.0 Å². The summed E-state index contributed by atoms with van der Waals surface area (Å²) < 4.78 is 19.4. The van der Waals surface area contributed by atoms with Crippen molar-refractivity contribution >= 4 is 17.7 Å². The molecule has 0 radical (unpaired) electrons. The van der Waals surface area contributed by atoms with Gasteiger partial charge in [-0.15, -0.1) is 0 Å². The lowest BCUT2D eigenvalue weighted by Crippen LogP contribution is -2.47. The maximum atomic E-state index is 14.0. The lowest BCUT2D eigenvalue weighted by atomic mass is 9.68. The number of rotatable bonds is 5. The number of benzene rings is 1. The highest BCUT2D eigenvalue weighted by molar-refractivity contribution is 6.30. The van der Waals surface area contributed by atoms with Crippen molar-refractivity contribution in [2.45, 2.75) is 25.8 Å². The van der Waals surface area contributed by atoms with E-state index in [1.54, 1.807) is 19.4 Å². The summed E-state index contributed by atoms with van der Waals surface area (Å²) in [5.41, 5.74) is 1.71. The van der Waals surface area contributed by atoms with Crippen LogP contribution in [0, 0.1) is 23.6 Å². The molecule has 2 aliphatic rings. The van der Waals surface area contributed by atoms with E-state index in [9.17, 15) is 4.39 Å². The van der Waals surface area contributed by atoms with Crippen molar-refractivity contribution in [3.8, 4) is 5.88 Å². The molecule has 1 saturated carbocycles. The van der Waals surface area contributed by atoms with Gasteiger partial charge in [0.2, 0.25) is 5.88 Å². The highest BCUT2D eigenvalue weighted by atomic mass is 35.5. The Hall–Kier alpha value is -1.91. The van der Waals surface area contributed by atoms with Gasteiger partial charge in [-0.25, -0.2) is 9.37 Å². The fraction of sp³-hybridized carbons (Fsp3) is 0.435. The summed E-state index contributed by atoms with van der Waals surface area (Å²) in [6, 6.07) is 8.94. The largest absolute Gasteiger partial charge is 0.481 e. The van der Waals surface area contributed by atoms with Gasteiger partial charge in [0.1, 0.15) is 5.82 Å². The van der Waals surface area contributed by atoms with Gasteiger partial charge >= 0.3 is 0 Å². The molecule has 2 aromatic rings. The second-order valence-corrected chi connectivity index (χ2v) is 8.36. The van der Waals surface area contributed by atoms with Crippen molar-refractivity contribution in [2.75, 3.05) is 20.2 Å². The van der Waals surface area contributed by atoms with E-state index in [-0.39, 0.29) is 5.82 Å². The standard InChI is InChI=1S/C23H26ClFN2O/c1-28-23-19(11-20(24)12-26-23)15-27-13-17-6-4-7-18(14-27)21(17)10-9-16-5-2-3-8-22(16)25/h2-3,5,8-12,17-18,21H,4,6-7,13-15H2,1H3. The molecule has 1 aliphatic heterocycles. The van der Waals surface area contributed by atoms with E-state index in [4.69, 9.17) is 16.3 Å². The van der Waals surface area contributed by atoms with Crippen LogP contribution in [0.25, 0.3) is 6.08 Å². The molecule has 1 aromatic heterocycles. The van der Waals surface area contributed by atoms with Gasteiger partial charge in [0.15, 0.2) is 0 Å². The van der Waals surface area contributed by atoms with Gasteiger partial charge < -0.3 is 4.74 Å². The zero-order chi connectivity index (χ0) is 19.5. The Kier molecular flexibility index (Phi) is 5.98. The zero-order valence-corrected chi connectivity index (χ0v) is 16.9. The second-order valence-electron chi connectivity index (χ2n) is 7.93. The van der Waals surface area contributed by atoms with E-state index in [0.717, 1.165) is 25.2 Å². The van der Waals surface area contributed by atoms with Crippen LogP contribution >= 0.6 is 11.6 Å². The SMILES string of the molecule is COc1ncc(Cl)cc1CN1CC2CCCC(C1)C2C=Cc1ccccc1F. The van der Waals surface area contributed by atoms with Crippen LogP contribution in [-0.4, -0.2) is 30.1 Å². The third-order valence-corrected chi connectivity index (χ3v) is 6.31. The first-order valence-corrected chi connectivity index (χ1v) is 10.4. The van der Waals surface area contributed by atoms with Crippen molar-refractivity contribution < 1.29 is 9.13 Å². The Morgan fingerprint density at radius 1 is 1.25 bits per heavy atom. The highest BCUT2D eigenvalue weighted by Crippen LogP contribution is 2.41. The minimum atomic E-state index is -0.151. The molecular weight excluding hydrogens is 375 g/mol. The molecule has 1 aliphatic carbocycles. The van der Waals surface area contributed by atoms with Crippen molar-refractivity contribution in [1.82, 2.24) is 9.88 Å². The Morgan fingerprint density at radius 2 is 2.00 bits per heavy atom. The Labute approximate surface area is 171 Å². The van der Waals surface area contributed by atoms with E-state index < -0.39 is 0 Å². The lowest BCUT2D eigenvalue weighted by molar-refractivity contribution is 0.0417. The number of allylic oxidation sites excluding steroid dienone is 1. The average Bonchev–Trinajstić information content (AvgIpc) is 2.67. The summed E-state index contributed by atoms with van der Waals surface area (Å²) in [5.74, 6) is 2.23. The number of nitrogens with zero attached hydrogens (tertiary/aromatic N) is 2. The molecule has 148 valence electrons. The van der Waals surface area contributed by atoms with Gasteiger partial charge in [0.25, 0.3) is 0 Å². The quantitative estimate of drug-likeness (QED) is 0.667. The van der Waals surface area contributed by atoms with Crippen LogP contribution in [-0.2, 0) is 6.54 Å². The van der Waals surface area contributed by atoms with E-state index in [1.165, 1.54) is 25.3 Å². The van der Waals surface area contributed by atoms with E-state index in [0.29, 0.717) is 34.2 Å². The number of likely N-dealkylation sites (tertiary alicyclic amines) is 1. The first-order chi connectivity index (χ1) is 13.6. The number of fused-ring (bicyclic) bond motifs is 2. The third-order valence-electron chi connectivity index (χ3n) is 6.11. The fourth-order valence-corrected chi connectivity index (χ4v) is 5.03. The fourth-order valence-electron chi connectivity index (χ4n) is 4.85. The van der Waals surface area contributed by atoms with Crippen LogP contribution in [0.15, 0.2) is 42.6 Å². The molecule has 3 nitrogen and oxygen atoms in total. The van der Waals surface area contributed by atoms with Crippen LogP contribution in [0.1, 0.15) is 30.4 Å². The number of aromatic nitrogens is 1. The number of ether oxygens (including phenoxy) is 1. The first kappa shape index (κ1) is 19.4. The predicted octanol–water partition coefficient (Wildman–Crippen LogP) is 5.44.